The summed E-state index contributed by atoms with van der Waals surface area (Å²) >= 11 is 5.91. The lowest BCUT2D eigenvalue weighted by molar-refractivity contribution is 0.0926. The smallest absolute Gasteiger partial charge is 0.251 e. The van der Waals surface area contributed by atoms with E-state index in [-0.39, 0.29) is 11.9 Å². The molecule has 6 heteroatoms. The van der Waals surface area contributed by atoms with Crippen LogP contribution >= 0.6 is 11.6 Å². The lowest BCUT2D eigenvalue weighted by Crippen LogP contribution is -2.37. The Bertz CT molecular complexity index is 775. The van der Waals surface area contributed by atoms with Gasteiger partial charge in [0.05, 0.1) is 17.9 Å². The van der Waals surface area contributed by atoms with Gasteiger partial charge in [-0.3, -0.25) is 4.79 Å². The zero-order chi connectivity index (χ0) is 18.3. The highest BCUT2D eigenvalue weighted by atomic mass is 35.5. The first kappa shape index (κ1) is 17.5. The second-order valence-electron chi connectivity index (χ2n) is 7.55. The fraction of sp³-hybridized carbons (Fsp3) is 0.550. The molecule has 3 atom stereocenters. The molecule has 1 amide bonds. The van der Waals surface area contributed by atoms with Crippen LogP contribution in [0, 0.1) is 17.8 Å². The van der Waals surface area contributed by atoms with Crippen molar-refractivity contribution < 1.29 is 4.79 Å². The van der Waals surface area contributed by atoms with E-state index in [2.05, 4.69) is 34.2 Å². The molecule has 0 radical (unpaired) electrons. The topological polar surface area (TPSA) is 59.8 Å². The van der Waals surface area contributed by atoms with Crippen LogP contribution in [-0.4, -0.2) is 26.9 Å². The molecule has 4 rings (SSSR count). The van der Waals surface area contributed by atoms with Gasteiger partial charge >= 0.3 is 0 Å². The van der Waals surface area contributed by atoms with Gasteiger partial charge in [-0.2, -0.15) is 0 Å². The number of fused-ring (bicyclic) bond motifs is 1. The molecule has 1 aromatic heterocycles. The number of nitrogens with zero attached hydrogens (tertiary/aromatic N) is 3. The van der Waals surface area contributed by atoms with Gasteiger partial charge in [0.1, 0.15) is 0 Å². The second kappa shape index (κ2) is 7.03. The number of rotatable bonds is 6. The normalized spacial score (nSPS) is 27.8. The molecular formula is C20H25ClN4O. The number of hydrogen-bond donors (Lipinski definition) is 1. The predicted molar refractivity (Wildman–Crippen MR) is 101 cm³/mol. The van der Waals surface area contributed by atoms with E-state index in [0.717, 1.165) is 25.7 Å². The highest BCUT2D eigenvalue weighted by molar-refractivity contribution is 6.30. The van der Waals surface area contributed by atoms with Gasteiger partial charge in [-0.25, -0.2) is 4.68 Å². The Labute approximate surface area is 159 Å². The number of carbonyl (C=O) groups excluding carboxylic acids is 1. The van der Waals surface area contributed by atoms with Crippen molar-refractivity contribution in [3.8, 4) is 0 Å². The Balaban J connectivity index is 1.37. The molecule has 0 spiro atoms. The highest BCUT2D eigenvalue weighted by Crippen LogP contribution is 2.62. The van der Waals surface area contributed by atoms with Gasteiger partial charge in [-0.05, 0) is 67.7 Å². The first-order valence-electron chi connectivity index (χ1n) is 9.57. The van der Waals surface area contributed by atoms with Crippen molar-refractivity contribution in [3.05, 3.63) is 46.7 Å². The number of nitrogens with one attached hydrogen (secondary N) is 1. The monoisotopic (exact) mass is 372 g/mol. The number of aromatic nitrogens is 3. The molecule has 2 aliphatic carbocycles. The summed E-state index contributed by atoms with van der Waals surface area (Å²) in [5.41, 5.74) is 1.89. The summed E-state index contributed by atoms with van der Waals surface area (Å²) in [5.74, 6) is 1.99. The summed E-state index contributed by atoms with van der Waals surface area (Å²) in [4.78, 5) is 12.5. The van der Waals surface area contributed by atoms with E-state index in [1.165, 1.54) is 5.69 Å². The van der Waals surface area contributed by atoms with E-state index in [0.29, 0.717) is 34.4 Å². The van der Waals surface area contributed by atoms with E-state index in [1.807, 2.05) is 6.20 Å². The third-order valence-corrected chi connectivity index (χ3v) is 6.42. The SMILES string of the molecule is CCc1cnnn1C1CC2C(C1)C2C(CC)NC(=O)c1ccc(Cl)cc1. The van der Waals surface area contributed by atoms with Crippen molar-refractivity contribution in [3.63, 3.8) is 0 Å². The minimum Gasteiger partial charge on any atom is -0.349 e. The van der Waals surface area contributed by atoms with Crippen LogP contribution in [0.4, 0.5) is 0 Å². The van der Waals surface area contributed by atoms with Crippen molar-refractivity contribution in [1.29, 1.82) is 0 Å². The Morgan fingerprint density at radius 2 is 1.96 bits per heavy atom. The molecule has 1 aromatic carbocycles. The third kappa shape index (κ3) is 3.13. The second-order valence-corrected chi connectivity index (χ2v) is 7.99. The molecule has 2 aromatic rings. The molecule has 2 saturated carbocycles. The minimum atomic E-state index is -0.000384. The maximum absolute atomic E-state index is 12.5. The summed E-state index contributed by atoms with van der Waals surface area (Å²) in [5, 5.41) is 12.3. The van der Waals surface area contributed by atoms with Crippen LogP contribution in [0.3, 0.4) is 0 Å². The Morgan fingerprint density at radius 3 is 2.58 bits per heavy atom. The van der Waals surface area contributed by atoms with Gasteiger partial charge in [-0.15, -0.1) is 5.10 Å². The summed E-state index contributed by atoms with van der Waals surface area (Å²) in [6, 6.07) is 7.81. The quantitative estimate of drug-likeness (QED) is 0.836. The van der Waals surface area contributed by atoms with Gasteiger partial charge in [0, 0.05) is 16.6 Å². The number of aryl methyl sites for hydroxylation is 1. The van der Waals surface area contributed by atoms with Crippen LogP contribution in [0.1, 0.15) is 55.2 Å². The lowest BCUT2D eigenvalue weighted by Gasteiger charge is -2.22. The van der Waals surface area contributed by atoms with Gasteiger partial charge in [0.25, 0.3) is 5.91 Å². The summed E-state index contributed by atoms with van der Waals surface area (Å²) in [6.07, 6.45) is 6.11. The molecule has 1 heterocycles. The number of amides is 1. The Kier molecular flexibility index (Phi) is 4.74. The highest BCUT2D eigenvalue weighted by Gasteiger charge is 2.59. The molecule has 3 unspecified atom stereocenters. The molecule has 0 aliphatic heterocycles. The Morgan fingerprint density at radius 1 is 1.27 bits per heavy atom. The first-order chi connectivity index (χ1) is 12.6. The molecule has 2 fully saturated rings. The van der Waals surface area contributed by atoms with Crippen molar-refractivity contribution >= 4 is 17.5 Å². The van der Waals surface area contributed by atoms with Crippen LogP contribution in [0.2, 0.25) is 5.02 Å². The van der Waals surface area contributed by atoms with Crippen LogP contribution in [0.25, 0.3) is 0 Å². The van der Waals surface area contributed by atoms with Gasteiger partial charge in [0.15, 0.2) is 0 Å². The molecule has 5 nitrogen and oxygen atoms in total. The molecule has 1 N–H and O–H groups in total. The van der Waals surface area contributed by atoms with E-state index in [4.69, 9.17) is 11.6 Å². The third-order valence-electron chi connectivity index (χ3n) is 6.17. The average molecular weight is 373 g/mol. The van der Waals surface area contributed by atoms with Gasteiger partial charge < -0.3 is 5.32 Å². The van der Waals surface area contributed by atoms with E-state index in [9.17, 15) is 4.79 Å². The summed E-state index contributed by atoms with van der Waals surface area (Å²) < 4.78 is 2.12. The minimum absolute atomic E-state index is 0.000384. The van der Waals surface area contributed by atoms with Gasteiger partial charge in [-0.1, -0.05) is 30.7 Å². The van der Waals surface area contributed by atoms with Crippen molar-refractivity contribution in [2.75, 3.05) is 0 Å². The van der Waals surface area contributed by atoms with E-state index >= 15 is 0 Å². The number of hydrogen-bond acceptors (Lipinski definition) is 3. The average Bonchev–Trinajstić information content (AvgIpc) is 3.04. The maximum Gasteiger partial charge on any atom is 0.251 e. The summed E-state index contributed by atoms with van der Waals surface area (Å²) in [6.45, 7) is 4.30. The molecular weight excluding hydrogens is 348 g/mol. The van der Waals surface area contributed by atoms with Crippen LogP contribution < -0.4 is 5.32 Å². The van der Waals surface area contributed by atoms with Gasteiger partial charge in [0.2, 0.25) is 0 Å². The largest absolute Gasteiger partial charge is 0.349 e. The first-order valence-corrected chi connectivity index (χ1v) is 9.95. The number of benzene rings is 1. The van der Waals surface area contributed by atoms with Crippen LogP contribution in [-0.2, 0) is 6.42 Å². The number of halogens is 1. The number of carbonyl (C=O) groups is 1. The van der Waals surface area contributed by atoms with Crippen molar-refractivity contribution in [1.82, 2.24) is 20.3 Å². The zero-order valence-corrected chi connectivity index (χ0v) is 16.0. The van der Waals surface area contributed by atoms with Crippen molar-refractivity contribution in [2.24, 2.45) is 17.8 Å². The van der Waals surface area contributed by atoms with E-state index in [1.54, 1.807) is 24.3 Å². The zero-order valence-electron chi connectivity index (χ0n) is 15.2. The van der Waals surface area contributed by atoms with Crippen LogP contribution in [0.5, 0.6) is 0 Å². The molecule has 138 valence electrons. The molecule has 26 heavy (non-hydrogen) atoms. The van der Waals surface area contributed by atoms with Crippen molar-refractivity contribution in [2.45, 2.75) is 51.6 Å². The predicted octanol–water partition coefficient (Wildman–Crippen LogP) is 3.90. The molecule has 2 aliphatic rings. The fourth-order valence-corrected chi connectivity index (χ4v) is 4.93. The Hall–Kier alpha value is -1.88. The van der Waals surface area contributed by atoms with E-state index < -0.39 is 0 Å². The standard InChI is InChI=1S/C20H25ClN4O/c1-3-14-11-22-24-25(14)15-9-16-17(10-15)19(16)18(4-2)23-20(26)12-5-7-13(21)8-6-12/h5-8,11,15-19H,3-4,9-10H2,1-2H3,(H,23,26). The molecule has 0 bridgehead atoms. The lowest BCUT2D eigenvalue weighted by atomic mass is 9.99. The molecule has 0 saturated heterocycles. The van der Waals surface area contributed by atoms with Crippen LogP contribution in [0.15, 0.2) is 30.5 Å². The summed E-state index contributed by atoms with van der Waals surface area (Å²) in [7, 11) is 0. The maximum atomic E-state index is 12.5. The fourth-order valence-electron chi connectivity index (χ4n) is 4.81.